The molecule has 3 aromatic rings. The number of benzene rings is 2. The van der Waals surface area contributed by atoms with Gasteiger partial charge in [-0.05, 0) is 54.4 Å². The topological polar surface area (TPSA) is 83.6 Å². The van der Waals surface area contributed by atoms with Crippen molar-refractivity contribution in [2.24, 2.45) is 0 Å². The molecular formula is C22H19FN4O3. The molecule has 0 spiro atoms. The van der Waals surface area contributed by atoms with Gasteiger partial charge in [-0.15, -0.1) is 0 Å². The van der Waals surface area contributed by atoms with Crippen molar-refractivity contribution in [3.05, 3.63) is 77.9 Å². The molecule has 0 saturated carbocycles. The van der Waals surface area contributed by atoms with Gasteiger partial charge in [-0.25, -0.2) is 9.18 Å². The average Bonchev–Trinajstić information content (AvgIpc) is 3.17. The third-order valence-corrected chi connectivity index (χ3v) is 4.69. The number of aromatic nitrogens is 1. The zero-order chi connectivity index (χ0) is 21.1. The number of rotatable bonds is 4. The molecular weight excluding hydrogens is 387 g/mol. The van der Waals surface area contributed by atoms with Crippen molar-refractivity contribution < 1.29 is 18.7 Å². The normalized spacial score (nSPS) is 12.3. The molecule has 30 heavy (non-hydrogen) atoms. The van der Waals surface area contributed by atoms with Gasteiger partial charge in [0.1, 0.15) is 23.0 Å². The van der Waals surface area contributed by atoms with E-state index >= 15 is 0 Å². The van der Waals surface area contributed by atoms with Crippen LogP contribution in [0.3, 0.4) is 0 Å². The van der Waals surface area contributed by atoms with E-state index in [1.807, 2.05) is 12.1 Å². The van der Waals surface area contributed by atoms with Crippen LogP contribution in [0.2, 0.25) is 0 Å². The van der Waals surface area contributed by atoms with Crippen LogP contribution in [0.4, 0.5) is 20.6 Å². The van der Waals surface area contributed by atoms with Crippen LogP contribution in [0.5, 0.6) is 11.5 Å². The van der Waals surface area contributed by atoms with Crippen LogP contribution in [0.15, 0.2) is 60.8 Å². The highest BCUT2D eigenvalue weighted by atomic mass is 19.1. The summed E-state index contributed by atoms with van der Waals surface area (Å²) in [4.78, 5) is 30.0. The number of fused-ring (bicyclic) bond motifs is 1. The second-order valence-electron chi connectivity index (χ2n) is 6.69. The van der Waals surface area contributed by atoms with E-state index in [2.05, 4.69) is 15.6 Å². The van der Waals surface area contributed by atoms with Crippen molar-refractivity contribution in [2.45, 2.75) is 6.42 Å². The van der Waals surface area contributed by atoms with Gasteiger partial charge in [-0.3, -0.25) is 14.7 Å². The van der Waals surface area contributed by atoms with Crippen molar-refractivity contribution >= 4 is 23.3 Å². The maximum Gasteiger partial charge on any atom is 0.326 e. The first-order valence-corrected chi connectivity index (χ1v) is 9.36. The van der Waals surface area contributed by atoms with Crippen molar-refractivity contribution in [2.75, 3.05) is 23.8 Å². The number of carbonyl (C=O) groups excluding carboxylic acids is 2. The molecule has 0 atom stereocenters. The fraction of sp³-hybridized carbons (Fsp3) is 0.136. The SMILES string of the molecule is CNC(=O)c1cc(Oc2ccc3c(c2)CCN3C(=O)Nc2cccc(F)c2)ccn1. The lowest BCUT2D eigenvalue weighted by atomic mass is 10.1. The maximum atomic E-state index is 13.3. The van der Waals surface area contributed by atoms with Crippen LogP contribution in [0.1, 0.15) is 16.1 Å². The first-order chi connectivity index (χ1) is 14.5. The molecule has 0 unspecified atom stereocenters. The molecule has 1 aliphatic rings. The molecule has 3 amide bonds. The Kier molecular flexibility index (Phi) is 5.30. The number of nitrogens with zero attached hydrogens (tertiary/aromatic N) is 2. The number of ether oxygens (including phenoxy) is 1. The Labute approximate surface area is 172 Å². The second kappa shape index (κ2) is 8.20. The van der Waals surface area contributed by atoms with E-state index in [1.165, 1.54) is 25.4 Å². The molecule has 152 valence electrons. The van der Waals surface area contributed by atoms with E-state index < -0.39 is 5.82 Å². The van der Waals surface area contributed by atoms with E-state index in [1.54, 1.807) is 35.2 Å². The van der Waals surface area contributed by atoms with Gasteiger partial charge in [0.15, 0.2) is 0 Å². The number of carbonyl (C=O) groups is 2. The Bertz CT molecular complexity index is 1120. The number of hydrogen-bond donors (Lipinski definition) is 2. The van der Waals surface area contributed by atoms with Gasteiger partial charge in [0.25, 0.3) is 5.91 Å². The highest BCUT2D eigenvalue weighted by Gasteiger charge is 2.25. The maximum absolute atomic E-state index is 13.3. The molecule has 7 nitrogen and oxygen atoms in total. The van der Waals surface area contributed by atoms with Crippen molar-refractivity contribution in [1.82, 2.24) is 10.3 Å². The summed E-state index contributed by atoms with van der Waals surface area (Å²) in [7, 11) is 1.54. The molecule has 2 N–H and O–H groups in total. The molecule has 0 bridgehead atoms. The van der Waals surface area contributed by atoms with Gasteiger partial charge < -0.3 is 15.4 Å². The highest BCUT2D eigenvalue weighted by molar-refractivity contribution is 6.03. The van der Waals surface area contributed by atoms with Gasteiger partial charge in [0.05, 0.1) is 0 Å². The number of nitrogens with one attached hydrogen (secondary N) is 2. The summed E-state index contributed by atoms with van der Waals surface area (Å²) in [6.45, 7) is 0.510. The van der Waals surface area contributed by atoms with Gasteiger partial charge >= 0.3 is 6.03 Å². The minimum atomic E-state index is -0.410. The molecule has 1 aliphatic heterocycles. The third-order valence-electron chi connectivity index (χ3n) is 4.69. The Morgan fingerprint density at radius 1 is 1.10 bits per heavy atom. The van der Waals surface area contributed by atoms with Crippen LogP contribution < -0.4 is 20.3 Å². The average molecular weight is 406 g/mol. The zero-order valence-corrected chi connectivity index (χ0v) is 16.2. The van der Waals surface area contributed by atoms with Crippen LogP contribution >= 0.6 is 0 Å². The minimum absolute atomic E-state index is 0.261. The number of hydrogen-bond acceptors (Lipinski definition) is 4. The summed E-state index contributed by atoms with van der Waals surface area (Å²) in [6, 6.07) is 14.1. The van der Waals surface area contributed by atoms with Crippen LogP contribution in [0.25, 0.3) is 0 Å². The van der Waals surface area contributed by atoms with E-state index in [-0.39, 0.29) is 17.6 Å². The van der Waals surface area contributed by atoms with Gasteiger partial charge in [-0.2, -0.15) is 0 Å². The summed E-state index contributed by atoms with van der Waals surface area (Å²) < 4.78 is 19.2. The summed E-state index contributed by atoms with van der Waals surface area (Å²) in [5.41, 5.74) is 2.40. The summed E-state index contributed by atoms with van der Waals surface area (Å²) >= 11 is 0. The third kappa shape index (κ3) is 4.07. The number of anilines is 2. The Balaban J connectivity index is 1.48. The number of amides is 3. The zero-order valence-electron chi connectivity index (χ0n) is 16.2. The van der Waals surface area contributed by atoms with Crippen molar-refractivity contribution in [1.29, 1.82) is 0 Å². The Hall–Kier alpha value is -3.94. The lowest BCUT2D eigenvalue weighted by Gasteiger charge is -2.18. The van der Waals surface area contributed by atoms with Crippen LogP contribution in [-0.2, 0) is 6.42 Å². The predicted octanol–water partition coefficient (Wildman–Crippen LogP) is 3.97. The molecule has 0 radical (unpaired) electrons. The van der Waals surface area contributed by atoms with Gasteiger partial charge in [0, 0.05) is 37.2 Å². The fourth-order valence-electron chi connectivity index (χ4n) is 3.27. The van der Waals surface area contributed by atoms with E-state index in [9.17, 15) is 14.0 Å². The first-order valence-electron chi connectivity index (χ1n) is 9.36. The van der Waals surface area contributed by atoms with E-state index in [0.29, 0.717) is 30.2 Å². The molecule has 2 aromatic carbocycles. The molecule has 0 fully saturated rings. The largest absolute Gasteiger partial charge is 0.457 e. The summed E-state index contributed by atoms with van der Waals surface area (Å²) in [5, 5.41) is 5.23. The lowest BCUT2D eigenvalue weighted by Crippen LogP contribution is -2.33. The Morgan fingerprint density at radius 2 is 1.93 bits per heavy atom. The Morgan fingerprint density at radius 3 is 2.73 bits per heavy atom. The highest BCUT2D eigenvalue weighted by Crippen LogP contribution is 2.33. The molecule has 4 rings (SSSR count). The molecule has 2 heterocycles. The molecule has 8 heteroatoms. The molecule has 0 saturated heterocycles. The smallest absolute Gasteiger partial charge is 0.326 e. The van der Waals surface area contributed by atoms with Gasteiger partial charge in [0.2, 0.25) is 0 Å². The lowest BCUT2D eigenvalue weighted by molar-refractivity contribution is 0.0958. The summed E-state index contributed by atoms with van der Waals surface area (Å²) in [5.74, 6) is 0.374. The predicted molar refractivity (Wildman–Crippen MR) is 111 cm³/mol. The van der Waals surface area contributed by atoms with Crippen LogP contribution in [0, 0.1) is 5.82 Å². The van der Waals surface area contributed by atoms with Crippen molar-refractivity contribution in [3.8, 4) is 11.5 Å². The fourth-order valence-corrected chi connectivity index (χ4v) is 3.27. The van der Waals surface area contributed by atoms with Crippen LogP contribution in [-0.4, -0.2) is 30.5 Å². The first kappa shape index (κ1) is 19.4. The number of urea groups is 1. The van der Waals surface area contributed by atoms with Crippen molar-refractivity contribution in [3.63, 3.8) is 0 Å². The second-order valence-corrected chi connectivity index (χ2v) is 6.69. The summed E-state index contributed by atoms with van der Waals surface area (Å²) in [6.07, 6.45) is 2.18. The number of pyridine rings is 1. The van der Waals surface area contributed by atoms with E-state index in [0.717, 1.165) is 11.3 Å². The molecule has 0 aliphatic carbocycles. The minimum Gasteiger partial charge on any atom is -0.457 e. The van der Waals surface area contributed by atoms with Gasteiger partial charge in [-0.1, -0.05) is 6.07 Å². The molecule has 1 aromatic heterocycles. The van der Waals surface area contributed by atoms with E-state index in [4.69, 9.17) is 4.74 Å². The number of halogens is 1. The standard InChI is InChI=1S/C22H19FN4O3/c1-24-21(28)19-13-18(7-9-25-19)30-17-5-6-20-14(11-17)8-10-27(20)22(29)26-16-4-2-3-15(23)12-16/h2-7,9,11-13H,8,10H2,1H3,(H,24,28)(H,26,29). The monoisotopic (exact) mass is 406 g/mol. The quantitative estimate of drug-likeness (QED) is 0.687.